The molecule has 1 N–H and O–H groups in total. The molecular formula is C29H29F2NO4. The molecule has 0 fully saturated rings. The highest BCUT2D eigenvalue weighted by atomic mass is 19.2. The van der Waals surface area contributed by atoms with Gasteiger partial charge in [0.1, 0.15) is 0 Å². The highest BCUT2D eigenvalue weighted by Crippen LogP contribution is 2.45. The van der Waals surface area contributed by atoms with Crippen LogP contribution in [-0.2, 0) is 16.0 Å². The van der Waals surface area contributed by atoms with E-state index in [4.69, 9.17) is 4.74 Å². The summed E-state index contributed by atoms with van der Waals surface area (Å²) in [6, 6.07) is 13.0. The third-order valence-corrected chi connectivity index (χ3v) is 6.26. The molecule has 36 heavy (non-hydrogen) atoms. The van der Waals surface area contributed by atoms with Gasteiger partial charge in [-0.3, -0.25) is 4.79 Å². The molecule has 7 heteroatoms. The molecule has 0 saturated carbocycles. The van der Waals surface area contributed by atoms with Gasteiger partial charge in [-0.2, -0.15) is 0 Å². The van der Waals surface area contributed by atoms with Crippen LogP contribution < -0.4 is 4.90 Å². The maximum absolute atomic E-state index is 14.5. The number of aryl methyl sites for hydroxylation is 2. The monoisotopic (exact) mass is 493 g/mol. The number of hydrogen-bond acceptors (Lipinski definition) is 3. The molecule has 0 radical (unpaired) electrons. The molecule has 0 aromatic heterocycles. The molecular weight excluding hydrogens is 464 g/mol. The normalized spacial score (nSPS) is 14.0. The van der Waals surface area contributed by atoms with Gasteiger partial charge in [0.05, 0.1) is 11.2 Å². The number of benzene rings is 3. The molecule has 0 bridgehead atoms. The molecule has 0 saturated heterocycles. The number of anilines is 1. The van der Waals surface area contributed by atoms with Crippen molar-refractivity contribution in [1.82, 2.24) is 0 Å². The summed E-state index contributed by atoms with van der Waals surface area (Å²) in [6.45, 7) is 9.38. The van der Waals surface area contributed by atoms with Crippen molar-refractivity contribution in [3.05, 3.63) is 88.0 Å². The number of carboxylic acids is 1. The first-order valence-electron chi connectivity index (χ1n) is 11.8. The first-order valence-corrected chi connectivity index (χ1v) is 11.8. The van der Waals surface area contributed by atoms with E-state index in [1.54, 1.807) is 33.8 Å². The number of nitrogens with zero attached hydrogens (tertiary/aromatic N) is 1. The first kappa shape index (κ1) is 25.5. The van der Waals surface area contributed by atoms with Gasteiger partial charge in [-0.1, -0.05) is 35.9 Å². The van der Waals surface area contributed by atoms with Crippen molar-refractivity contribution in [1.29, 1.82) is 0 Å². The smallest absolute Gasteiger partial charge is 0.337 e. The van der Waals surface area contributed by atoms with E-state index in [0.29, 0.717) is 28.8 Å². The van der Waals surface area contributed by atoms with E-state index in [0.717, 1.165) is 22.8 Å². The van der Waals surface area contributed by atoms with Crippen LogP contribution in [0, 0.1) is 25.5 Å². The molecule has 3 aromatic rings. The summed E-state index contributed by atoms with van der Waals surface area (Å²) < 4.78 is 34.3. The van der Waals surface area contributed by atoms with Gasteiger partial charge in [-0.25, -0.2) is 13.6 Å². The Hall–Kier alpha value is -3.58. The Balaban J connectivity index is 1.94. The average Bonchev–Trinajstić information content (AvgIpc) is 3.21. The molecule has 188 valence electrons. The molecule has 1 aliphatic heterocycles. The Morgan fingerprint density at radius 1 is 1.06 bits per heavy atom. The van der Waals surface area contributed by atoms with Gasteiger partial charge >= 0.3 is 5.97 Å². The number of carbonyl (C=O) groups excluding carboxylic acids is 1. The Morgan fingerprint density at radius 2 is 1.72 bits per heavy atom. The summed E-state index contributed by atoms with van der Waals surface area (Å²) in [6.07, 6.45) is -0.812. The molecule has 3 aromatic carbocycles. The van der Waals surface area contributed by atoms with Gasteiger partial charge in [0.25, 0.3) is 5.91 Å². The Bertz CT molecular complexity index is 1340. The maximum Gasteiger partial charge on any atom is 0.337 e. The minimum Gasteiger partial charge on any atom is -0.479 e. The Kier molecular flexibility index (Phi) is 6.71. The molecule has 1 unspecified atom stereocenters. The molecule has 0 spiro atoms. The fourth-order valence-corrected chi connectivity index (χ4v) is 4.70. The van der Waals surface area contributed by atoms with Crippen molar-refractivity contribution in [3.8, 4) is 11.1 Å². The largest absolute Gasteiger partial charge is 0.479 e. The summed E-state index contributed by atoms with van der Waals surface area (Å²) in [5.74, 6) is -4.04. The van der Waals surface area contributed by atoms with Gasteiger partial charge in [0, 0.05) is 17.8 Å². The van der Waals surface area contributed by atoms with Crippen LogP contribution in [-0.4, -0.2) is 29.1 Å². The molecule has 1 aliphatic rings. The summed E-state index contributed by atoms with van der Waals surface area (Å²) >= 11 is 0. The summed E-state index contributed by atoms with van der Waals surface area (Å²) in [5, 5.41) is 10.2. The van der Waals surface area contributed by atoms with Gasteiger partial charge < -0.3 is 14.7 Å². The highest BCUT2D eigenvalue weighted by Gasteiger charge is 2.36. The maximum atomic E-state index is 14.5. The number of carbonyl (C=O) groups is 2. The third kappa shape index (κ3) is 4.75. The fraction of sp³-hybridized carbons (Fsp3) is 0.310. The minimum atomic E-state index is -1.24. The number of aliphatic carboxylic acids is 1. The lowest BCUT2D eigenvalue weighted by molar-refractivity contribution is -0.160. The molecule has 0 aliphatic carbocycles. The molecule has 1 heterocycles. The zero-order valence-electron chi connectivity index (χ0n) is 21.0. The van der Waals surface area contributed by atoms with E-state index in [1.165, 1.54) is 17.0 Å². The molecule has 1 atom stereocenters. The van der Waals surface area contributed by atoms with E-state index in [2.05, 4.69) is 0 Å². The zero-order chi connectivity index (χ0) is 26.4. The second kappa shape index (κ2) is 9.47. The number of hydrogen-bond donors (Lipinski definition) is 1. The van der Waals surface area contributed by atoms with E-state index in [1.807, 2.05) is 31.2 Å². The van der Waals surface area contributed by atoms with Gasteiger partial charge in [0.15, 0.2) is 17.7 Å². The minimum absolute atomic E-state index is 0.254. The van der Waals surface area contributed by atoms with Gasteiger partial charge in [0.2, 0.25) is 0 Å². The Labute approximate surface area is 209 Å². The predicted octanol–water partition coefficient (Wildman–Crippen LogP) is 6.39. The van der Waals surface area contributed by atoms with Crippen LogP contribution in [0.3, 0.4) is 0 Å². The van der Waals surface area contributed by atoms with Crippen LogP contribution in [0.4, 0.5) is 14.5 Å². The number of carboxylic acid groups (broad SMARTS) is 1. The number of halogens is 2. The van der Waals surface area contributed by atoms with Crippen LogP contribution in [0.5, 0.6) is 0 Å². The number of amides is 1. The van der Waals surface area contributed by atoms with Crippen molar-refractivity contribution in [3.63, 3.8) is 0 Å². The van der Waals surface area contributed by atoms with Gasteiger partial charge in [-0.05, 0) is 81.5 Å². The van der Waals surface area contributed by atoms with Crippen molar-refractivity contribution in [2.45, 2.75) is 52.7 Å². The standard InChI is InChI=1S/C29H29F2NO4/c1-16-9-11-18(12-10-16)24-19-13-14-32(27(33)20-7-6-8-21(30)25(20)31)22(19)15-17(2)23(24)26(28(34)35)36-29(3,4)5/h6-12,15,26H,13-14H2,1-5H3,(H,34,35). The molecule has 5 nitrogen and oxygen atoms in total. The lowest BCUT2D eigenvalue weighted by atomic mass is 9.86. The summed E-state index contributed by atoms with van der Waals surface area (Å²) in [4.78, 5) is 27.2. The second-order valence-corrected chi connectivity index (χ2v) is 10.1. The van der Waals surface area contributed by atoms with Crippen LogP contribution in [0.2, 0.25) is 0 Å². The fourth-order valence-electron chi connectivity index (χ4n) is 4.70. The topological polar surface area (TPSA) is 66.8 Å². The van der Waals surface area contributed by atoms with Crippen molar-refractivity contribution in [2.75, 3.05) is 11.4 Å². The van der Waals surface area contributed by atoms with Crippen LogP contribution >= 0.6 is 0 Å². The van der Waals surface area contributed by atoms with Gasteiger partial charge in [-0.15, -0.1) is 0 Å². The van der Waals surface area contributed by atoms with Crippen molar-refractivity contribution < 1.29 is 28.2 Å². The molecule has 4 rings (SSSR count). The zero-order valence-corrected chi connectivity index (χ0v) is 21.0. The average molecular weight is 494 g/mol. The van der Waals surface area contributed by atoms with Crippen LogP contribution in [0.1, 0.15) is 59.5 Å². The quantitative estimate of drug-likeness (QED) is 0.447. The summed E-state index contributed by atoms with van der Waals surface area (Å²) in [5.41, 5.74) is 3.93. The van der Waals surface area contributed by atoms with Crippen molar-refractivity contribution in [2.24, 2.45) is 0 Å². The van der Waals surface area contributed by atoms with E-state index in [9.17, 15) is 23.5 Å². The lowest BCUT2D eigenvalue weighted by Gasteiger charge is -2.29. The predicted molar refractivity (Wildman–Crippen MR) is 134 cm³/mol. The number of ether oxygens (including phenoxy) is 1. The van der Waals surface area contributed by atoms with E-state index in [-0.39, 0.29) is 12.1 Å². The third-order valence-electron chi connectivity index (χ3n) is 6.26. The van der Waals surface area contributed by atoms with Crippen molar-refractivity contribution >= 4 is 17.6 Å². The number of fused-ring (bicyclic) bond motifs is 1. The Morgan fingerprint density at radius 3 is 2.33 bits per heavy atom. The molecule has 1 amide bonds. The lowest BCUT2D eigenvalue weighted by Crippen LogP contribution is -2.30. The van der Waals surface area contributed by atoms with Crippen LogP contribution in [0.25, 0.3) is 11.1 Å². The first-order chi connectivity index (χ1) is 16.9. The second-order valence-electron chi connectivity index (χ2n) is 10.1. The van der Waals surface area contributed by atoms with E-state index < -0.39 is 35.2 Å². The number of rotatable bonds is 5. The van der Waals surface area contributed by atoms with Crippen LogP contribution in [0.15, 0.2) is 48.5 Å². The highest BCUT2D eigenvalue weighted by molar-refractivity contribution is 6.08. The SMILES string of the molecule is Cc1ccc(-c2c3c(cc(C)c2C(OC(C)(C)C)C(=O)O)N(C(=O)c2cccc(F)c2F)CC3)cc1. The summed E-state index contributed by atoms with van der Waals surface area (Å²) in [7, 11) is 0. The van der Waals surface area contributed by atoms with E-state index >= 15 is 0 Å².